The van der Waals surface area contributed by atoms with Crippen LogP contribution in [0.1, 0.15) is 12.5 Å². The largest absolute Gasteiger partial charge is 0.407 e. The molecule has 35 heavy (non-hydrogen) atoms. The Hall–Kier alpha value is -4.30. The third-order valence-electron chi connectivity index (χ3n) is 5.28. The molecule has 0 aliphatic carbocycles. The number of nitrogens with zero attached hydrogens (tertiary/aromatic N) is 2. The summed E-state index contributed by atoms with van der Waals surface area (Å²) in [6, 6.07) is 20.6. The van der Waals surface area contributed by atoms with Crippen LogP contribution < -0.4 is 10.1 Å². The first-order valence-corrected chi connectivity index (χ1v) is 10.9. The highest BCUT2D eigenvalue weighted by molar-refractivity contribution is 5.93. The van der Waals surface area contributed by atoms with E-state index in [1.165, 1.54) is 26.2 Å². The van der Waals surface area contributed by atoms with Crippen LogP contribution in [-0.4, -0.2) is 35.4 Å². The molecule has 0 aliphatic rings. The van der Waals surface area contributed by atoms with E-state index in [0.29, 0.717) is 28.1 Å². The van der Waals surface area contributed by atoms with E-state index in [1.807, 2.05) is 31.2 Å². The molecule has 0 fully saturated rings. The topological polar surface area (TPSA) is 82.4 Å². The smallest absolute Gasteiger partial charge is 0.309 e. The number of aryl methyl sites for hydroxylation is 1. The second kappa shape index (κ2) is 10.3. The van der Waals surface area contributed by atoms with Crippen molar-refractivity contribution in [3.8, 4) is 34.0 Å². The normalized spacial score (nSPS) is 10.7. The summed E-state index contributed by atoms with van der Waals surface area (Å²) in [5, 5.41) is 7.54. The number of hydrogen-bond donors (Lipinski definition) is 1. The van der Waals surface area contributed by atoms with E-state index in [2.05, 4.69) is 5.32 Å². The number of halogens is 1. The van der Waals surface area contributed by atoms with Gasteiger partial charge >= 0.3 is 5.97 Å². The SMILES string of the molecule is COCC(=O)Nc1ccc(-c2c(-c3ccc(F)cc3)nn(-c3ccccc3C)c2OC(C)=O)cc1. The number of benzene rings is 3. The zero-order valence-electron chi connectivity index (χ0n) is 19.5. The van der Waals surface area contributed by atoms with Crippen LogP contribution in [0.3, 0.4) is 0 Å². The zero-order chi connectivity index (χ0) is 24.9. The van der Waals surface area contributed by atoms with Crippen molar-refractivity contribution in [3.63, 3.8) is 0 Å². The molecule has 0 atom stereocenters. The van der Waals surface area contributed by atoms with Crippen LogP contribution >= 0.6 is 0 Å². The van der Waals surface area contributed by atoms with Gasteiger partial charge in [0.15, 0.2) is 0 Å². The summed E-state index contributed by atoms with van der Waals surface area (Å²) < 4.78 is 25.8. The molecule has 3 aromatic carbocycles. The number of amides is 1. The van der Waals surface area contributed by atoms with Gasteiger partial charge in [0.2, 0.25) is 11.8 Å². The molecule has 4 rings (SSSR count). The van der Waals surface area contributed by atoms with Gasteiger partial charge in [0.25, 0.3) is 0 Å². The van der Waals surface area contributed by atoms with Gasteiger partial charge < -0.3 is 14.8 Å². The molecule has 8 heteroatoms. The third-order valence-corrected chi connectivity index (χ3v) is 5.28. The molecule has 0 aliphatic heterocycles. The fourth-order valence-electron chi connectivity index (χ4n) is 3.72. The lowest BCUT2D eigenvalue weighted by molar-refractivity contribution is -0.132. The Morgan fingerprint density at radius 3 is 2.26 bits per heavy atom. The first-order chi connectivity index (χ1) is 16.9. The number of carbonyl (C=O) groups excluding carboxylic acids is 2. The summed E-state index contributed by atoms with van der Waals surface area (Å²) >= 11 is 0. The molecule has 7 nitrogen and oxygen atoms in total. The number of rotatable bonds is 7. The van der Waals surface area contributed by atoms with Crippen LogP contribution in [0.15, 0.2) is 72.8 Å². The fraction of sp³-hybridized carbons (Fsp3) is 0.148. The van der Waals surface area contributed by atoms with Gasteiger partial charge in [-0.1, -0.05) is 30.3 Å². The molecule has 0 spiro atoms. The first-order valence-electron chi connectivity index (χ1n) is 10.9. The van der Waals surface area contributed by atoms with Crippen molar-refractivity contribution in [3.05, 3.63) is 84.2 Å². The second-order valence-corrected chi connectivity index (χ2v) is 7.89. The summed E-state index contributed by atoms with van der Waals surface area (Å²) in [6.07, 6.45) is 0. The van der Waals surface area contributed by atoms with E-state index in [0.717, 1.165) is 11.3 Å². The summed E-state index contributed by atoms with van der Waals surface area (Å²) in [5.74, 6) is -0.914. The lowest BCUT2D eigenvalue weighted by Gasteiger charge is -2.11. The van der Waals surface area contributed by atoms with Crippen molar-refractivity contribution in [2.45, 2.75) is 13.8 Å². The number of nitrogens with one attached hydrogen (secondary N) is 1. The summed E-state index contributed by atoms with van der Waals surface area (Å²) in [5.41, 5.74) is 4.67. The number of para-hydroxylation sites is 1. The van der Waals surface area contributed by atoms with Crippen molar-refractivity contribution in [1.29, 1.82) is 0 Å². The van der Waals surface area contributed by atoms with Gasteiger partial charge in [-0.05, 0) is 60.5 Å². The van der Waals surface area contributed by atoms with Crippen LogP contribution in [-0.2, 0) is 14.3 Å². The van der Waals surface area contributed by atoms with Crippen molar-refractivity contribution in [1.82, 2.24) is 9.78 Å². The molecule has 0 radical (unpaired) electrons. The van der Waals surface area contributed by atoms with Crippen LogP contribution in [0.2, 0.25) is 0 Å². The molecule has 1 heterocycles. The molecule has 0 bridgehead atoms. The molecule has 0 unspecified atom stereocenters. The zero-order valence-corrected chi connectivity index (χ0v) is 19.5. The van der Waals surface area contributed by atoms with E-state index in [9.17, 15) is 14.0 Å². The molecule has 178 valence electrons. The highest BCUT2D eigenvalue weighted by Gasteiger charge is 2.25. The lowest BCUT2D eigenvalue weighted by Crippen LogP contribution is -2.16. The highest BCUT2D eigenvalue weighted by Crippen LogP contribution is 2.41. The van der Waals surface area contributed by atoms with Gasteiger partial charge in [-0.25, -0.2) is 4.39 Å². The van der Waals surface area contributed by atoms with E-state index in [4.69, 9.17) is 14.6 Å². The van der Waals surface area contributed by atoms with Crippen molar-refractivity contribution >= 4 is 17.6 Å². The number of esters is 1. The lowest BCUT2D eigenvalue weighted by atomic mass is 10.0. The molecule has 4 aromatic rings. The average molecular weight is 474 g/mol. The number of methoxy groups -OCH3 is 1. The number of hydrogen-bond acceptors (Lipinski definition) is 5. The standard InChI is InChI=1S/C27H24FN3O4/c1-17-6-4-5-7-23(17)31-27(35-18(2)32)25(26(30-31)20-8-12-21(28)13-9-20)19-10-14-22(15-11-19)29-24(33)16-34-3/h4-15H,16H2,1-3H3,(H,29,33). The first kappa shape index (κ1) is 23.8. The Morgan fingerprint density at radius 2 is 1.63 bits per heavy atom. The predicted octanol–water partition coefficient (Wildman–Crippen LogP) is 5.16. The Labute approximate surface area is 202 Å². The number of carbonyl (C=O) groups is 2. The van der Waals surface area contributed by atoms with Crippen LogP contribution in [0.4, 0.5) is 10.1 Å². The minimum atomic E-state index is -0.505. The molecule has 1 amide bonds. The fourth-order valence-corrected chi connectivity index (χ4v) is 3.72. The summed E-state index contributed by atoms with van der Waals surface area (Å²) in [6.45, 7) is 3.20. The van der Waals surface area contributed by atoms with Crippen molar-refractivity contribution in [2.75, 3.05) is 19.0 Å². The number of aromatic nitrogens is 2. The van der Waals surface area contributed by atoms with Gasteiger partial charge in [-0.2, -0.15) is 9.78 Å². The van der Waals surface area contributed by atoms with Crippen LogP contribution in [0.5, 0.6) is 5.88 Å². The minimum Gasteiger partial charge on any atom is -0.407 e. The quantitative estimate of drug-likeness (QED) is 0.375. The maximum absolute atomic E-state index is 13.7. The Balaban J connectivity index is 1.91. The molecule has 0 saturated carbocycles. The summed E-state index contributed by atoms with van der Waals surface area (Å²) in [7, 11) is 1.45. The maximum atomic E-state index is 13.7. The minimum absolute atomic E-state index is 0.0593. The van der Waals surface area contributed by atoms with E-state index >= 15 is 0 Å². The number of ether oxygens (including phenoxy) is 2. The van der Waals surface area contributed by atoms with Gasteiger partial charge in [0.1, 0.15) is 18.1 Å². The van der Waals surface area contributed by atoms with Gasteiger partial charge in [-0.15, -0.1) is 0 Å². The Morgan fingerprint density at radius 1 is 0.971 bits per heavy atom. The molecular formula is C27H24FN3O4. The number of anilines is 1. The van der Waals surface area contributed by atoms with Gasteiger partial charge in [-0.3, -0.25) is 9.59 Å². The van der Waals surface area contributed by atoms with Gasteiger partial charge in [0, 0.05) is 25.3 Å². The Bertz CT molecular complexity index is 1360. The van der Waals surface area contributed by atoms with E-state index < -0.39 is 5.97 Å². The molecule has 1 aromatic heterocycles. The van der Waals surface area contributed by atoms with E-state index in [1.54, 1.807) is 41.1 Å². The average Bonchev–Trinajstić information content (AvgIpc) is 3.18. The monoisotopic (exact) mass is 473 g/mol. The molecule has 0 saturated heterocycles. The molecule has 1 N–H and O–H groups in total. The molecular weight excluding hydrogens is 449 g/mol. The van der Waals surface area contributed by atoms with Crippen molar-refractivity contribution in [2.24, 2.45) is 0 Å². The Kier molecular flexibility index (Phi) is 7.03. The second-order valence-electron chi connectivity index (χ2n) is 7.89. The van der Waals surface area contributed by atoms with Crippen LogP contribution in [0, 0.1) is 12.7 Å². The maximum Gasteiger partial charge on any atom is 0.309 e. The predicted molar refractivity (Wildman–Crippen MR) is 131 cm³/mol. The third kappa shape index (κ3) is 5.28. The van der Waals surface area contributed by atoms with E-state index in [-0.39, 0.29) is 24.2 Å². The van der Waals surface area contributed by atoms with Crippen LogP contribution in [0.25, 0.3) is 28.1 Å². The highest BCUT2D eigenvalue weighted by atomic mass is 19.1. The summed E-state index contributed by atoms with van der Waals surface area (Å²) in [4.78, 5) is 24.0. The van der Waals surface area contributed by atoms with Gasteiger partial charge in [0.05, 0.1) is 11.3 Å². The van der Waals surface area contributed by atoms with Crippen molar-refractivity contribution < 1.29 is 23.5 Å².